The minimum absolute atomic E-state index is 0.0258. The van der Waals surface area contributed by atoms with Crippen molar-refractivity contribution in [1.29, 1.82) is 0 Å². The number of hydrogen-bond donors (Lipinski definition) is 32. The van der Waals surface area contributed by atoms with Gasteiger partial charge in [-0.2, -0.15) is 0 Å². The van der Waals surface area contributed by atoms with E-state index in [1.165, 1.54) is 12.2 Å². The highest BCUT2D eigenvalue weighted by atomic mass is 31.2. The average Bonchev–Trinajstić information content (AvgIpc) is 3.89. The topological polar surface area (TPSA) is 802 Å². The van der Waals surface area contributed by atoms with E-state index in [1.807, 2.05) is 5.32 Å². The van der Waals surface area contributed by atoms with Crippen molar-refractivity contribution in [2.24, 2.45) is 0 Å². The van der Waals surface area contributed by atoms with Crippen molar-refractivity contribution in [2.45, 2.75) is 146 Å². The maximum Gasteiger partial charge on any atom is 0.469 e. The maximum atomic E-state index is 10.2. The molecule has 24 unspecified atom stereocenters. The van der Waals surface area contributed by atoms with Gasteiger partial charge in [-0.15, -0.1) is 0 Å². The molecule has 0 saturated heterocycles. The lowest BCUT2D eigenvalue weighted by atomic mass is 10.0. The Hall–Kier alpha value is -4.15. The number of carbonyl (C=O) groups excluding carboxylic acids is 8. The van der Waals surface area contributed by atoms with Gasteiger partial charge in [0.2, 0.25) is 0 Å². The number of imide groups is 1. The molecular formula is C40H76NO41P. The minimum Gasteiger partial charge on any atom is -0.394 e. The minimum atomic E-state index is -4.80. The highest BCUT2D eigenvalue weighted by molar-refractivity contribution is 7.46. The number of hydrogen-bond acceptors (Lipinski definition) is 39. The predicted molar refractivity (Wildman–Crippen MR) is 256 cm³/mol. The monoisotopic (exact) mass is 1260 g/mol. The number of carbonyl (C=O) groups is 8. The van der Waals surface area contributed by atoms with Gasteiger partial charge in [-0.3, -0.25) is 19.4 Å². The van der Waals surface area contributed by atoms with E-state index in [0.717, 1.165) is 0 Å². The number of nitrogens with one attached hydrogen (secondary N) is 1. The first-order chi connectivity index (χ1) is 38.2. The van der Waals surface area contributed by atoms with Crippen LogP contribution in [0, 0.1) is 0 Å². The second-order valence-electron chi connectivity index (χ2n) is 15.9. The Bertz CT molecular complexity index is 1600. The van der Waals surface area contributed by atoms with Crippen LogP contribution >= 0.6 is 7.82 Å². The highest BCUT2D eigenvalue weighted by Gasteiger charge is 2.34. The van der Waals surface area contributed by atoms with Crippen molar-refractivity contribution in [2.75, 3.05) is 39.6 Å². The zero-order valence-electron chi connectivity index (χ0n) is 42.6. The van der Waals surface area contributed by atoms with Gasteiger partial charge in [-0.25, -0.2) is 4.57 Å². The quantitative estimate of drug-likeness (QED) is 0.0169. The van der Waals surface area contributed by atoms with Crippen LogP contribution in [0.25, 0.3) is 0 Å². The summed E-state index contributed by atoms with van der Waals surface area (Å²) < 4.78 is 14.1. The molecule has 42 nitrogen and oxygen atoms in total. The molecule has 32 N–H and O–H groups in total. The first-order valence-electron chi connectivity index (χ1n) is 22.5. The van der Waals surface area contributed by atoms with E-state index in [2.05, 4.69) is 4.52 Å². The third kappa shape index (κ3) is 40.7. The van der Waals surface area contributed by atoms with Crippen molar-refractivity contribution in [3.8, 4) is 0 Å². The molecule has 0 fully saturated rings. The third-order valence-corrected chi connectivity index (χ3v) is 9.87. The van der Waals surface area contributed by atoms with Crippen molar-refractivity contribution < 1.29 is 205 Å². The van der Waals surface area contributed by atoms with Crippen molar-refractivity contribution in [1.82, 2.24) is 5.32 Å². The van der Waals surface area contributed by atoms with Gasteiger partial charge in [-0.1, -0.05) is 0 Å². The van der Waals surface area contributed by atoms with E-state index >= 15 is 0 Å². The largest absolute Gasteiger partial charge is 0.469 e. The van der Waals surface area contributed by atoms with Crippen LogP contribution in [0.5, 0.6) is 0 Å². The van der Waals surface area contributed by atoms with E-state index in [-0.39, 0.29) is 49.5 Å². The summed E-state index contributed by atoms with van der Waals surface area (Å²) in [5, 5.41) is 256. The van der Waals surface area contributed by atoms with Crippen LogP contribution in [-0.4, -0.2) is 394 Å². The summed E-state index contributed by atoms with van der Waals surface area (Å²) in [7, 11) is -4.80. The van der Waals surface area contributed by atoms with Crippen LogP contribution < -0.4 is 5.32 Å². The second kappa shape index (κ2) is 50.0. The lowest BCUT2D eigenvalue weighted by molar-refractivity contribution is -0.136. The molecule has 0 spiro atoms. The Labute approximate surface area is 465 Å². The summed E-state index contributed by atoms with van der Waals surface area (Å²) in [6.07, 6.45) is -39.6. The molecule has 2 amide bonds. The average molecular weight is 1260 g/mol. The SMILES string of the molecule is O=C1C=CC(=O)N1.O=CC(O)C(O)C(O)C(O)CO.O=CC(O)C(O)C(O)C(O)CO.O=CC(O)C(O)C(O)C(O)CO.O=CC(O)C(O)C(O)C(O)CO.O=CC(O)C(O)C(O)C(O)CO.O=CC(O)C(O)C(O)C(O)COP(=O)(O)O. The molecule has 0 radical (unpaired) electrons. The van der Waals surface area contributed by atoms with E-state index in [9.17, 15) is 42.9 Å². The van der Waals surface area contributed by atoms with E-state index < -0.39 is 194 Å². The standard InChI is InChI=1S/C6H13O9P.5C6H12O6.C4H3NO2/c7-1-3(8)5(10)6(11)4(9)2-15-16(12,13)14;5*7-1-3(9)5(11)6(12)4(10)2-8;6-3-1-2-4(7)5-3/h1,3-6,8-11H,2H2,(H2,12,13,14);5*1,3-6,8-12H,2H2;1-2H,(H,5,6,7). The molecule has 492 valence electrons. The van der Waals surface area contributed by atoms with Gasteiger partial charge in [-0.05, 0) is 0 Å². The first kappa shape index (κ1) is 90.0. The fraction of sp³-hybridized carbons (Fsp3) is 0.750. The highest BCUT2D eigenvalue weighted by Crippen LogP contribution is 2.35. The molecule has 0 bridgehead atoms. The number of aliphatic hydroxyl groups is 29. The number of phosphoric ester groups is 1. The summed E-state index contributed by atoms with van der Waals surface area (Å²) in [5.74, 6) is -0.657. The molecule has 1 aliphatic heterocycles. The molecule has 0 aromatic heterocycles. The van der Waals surface area contributed by atoms with E-state index in [1.54, 1.807) is 0 Å². The molecule has 83 heavy (non-hydrogen) atoms. The summed E-state index contributed by atoms with van der Waals surface area (Å²) in [5.41, 5.74) is 0. The smallest absolute Gasteiger partial charge is 0.394 e. The Morgan fingerprint density at radius 1 is 0.325 bits per heavy atom. The molecule has 0 saturated carbocycles. The summed E-state index contributed by atoms with van der Waals surface area (Å²) in [6.45, 7) is -4.76. The fourth-order valence-electron chi connectivity index (χ4n) is 4.23. The Morgan fingerprint density at radius 3 is 0.590 bits per heavy atom. The summed E-state index contributed by atoms with van der Waals surface area (Å²) in [4.78, 5) is 96.1. The molecule has 1 aliphatic rings. The molecule has 0 aromatic rings. The van der Waals surface area contributed by atoms with E-state index in [0.29, 0.717) is 0 Å². The van der Waals surface area contributed by atoms with Gasteiger partial charge in [0.05, 0.1) is 39.6 Å². The maximum absolute atomic E-state index is 10.2. The van der Waals surface area contributed by atoms with Crippen molar-refractivity contribution >= 4 is 57.4 Å². The van der Waals surface area contributed by atoms with Crippen LogP contribution in [0.4, 0.5) is 0 Å². The summed E-state index contributed by atoms with van der Waals surface area (Å²) in [6, 6.07) is 0. The van der Waals surface area contributed by atoms with Crippen molar-refractivity contribution in [3.05, 3.63) is 12.2 Å². The zero-order valence-corrected chi connectivity index (χ0v) is 43.5. The fourth-order valence-corrected chi connectivity index (χ4v) is 4.58. The summed E-state index contributed by atoms with van der Waals surface area (Å²) >= 11 is 0. The van der Waals surface area contributed by atoms with Crippen LogP contribution in [-0.2, 0) is 47.4 Å². The van der Waals surface area contributed by atoms with Crippen LogP contribution in [0.1, 0.15) is 0 Å². The van der Waals surface area contributed by atoms with Gasteiger partial charge in [0, 0.05) is 12.2 Å². The lowest BCUT2D eigenvalue weighted by Gasteiger charge is -2.23. The molecule has 24 atom stereocenters. The van der Waals surface area contributed by atoms with Gasteiger partial charge in [0.15, 0.2) is 37.7 Å². The van der Waals surface area contributed by atoms with Gasteiger partial charge in [0.1, 0.15) is 146 Å². The molecule has 0 aromatic carbocycles. The Kier molecular flexibility index (Phi) is 54.3. The van der Waals surface area contributed by atoms with Gasteiger partial charge in [0.25, 0.3) is 11.8 Å². The van der Waals surface area contributed by atoms with Crippen LogP contribution in [0.3, 0.4) is 0 Å². The van der Waals surface area contributed by atoms with Gasteiger partial charge < -0.3 is 187 Å². The first-order valence-corrected chi connectivity index (χ1v) is 24.0. The normalized spacial score (nSPS) is 20.6. The number of phosphoric acid groups is 1. The number of amides is 2. The predicted octanol–water partition coefficient (Wildman–Crippen LogP) is -21.0. The molecule has 0 aliphatic carbocycles. The molecular weight excluding hydrogens is 1180 g/mol. The number of aldehydes is 6. The number of aliphatic hydroxyl groups excluding tert-OH is 29. The zero-order chi connectivity index (χ0) is 66.8. The van der Waals surface area contributed by atoms with E-state index in [4.69, 9.17) is 158 Å². The van der Waals surface area contributed by atoms with Gasteiger partial charge >= 0.3 is 7.82 Å². The van der Waals surface area contributed by atoms with Crippen LogP contribution in [0.2, 0.25) is 0 Å². The Balaban J connectivity index is -0.000000210. The molecule has 43 heteroatoms. The molecule has 1 rings (SSSR count). The van der Waals surface area contributed by atoms with Crippen LogP contribution in [0.15, 0.2) is 12.2 Å². The lowest BCUT2D eigenvalue weighted by Crippen LogP contribution is -2.46. The number of rotatable bonds is 32. The molecule has 1 heterocycles. The van der Waals surface area contributed by atoms with Crippen molar-refractivity contribution in [3.63, 3.8) is 0 Å². The Morgan fingerprint density at radius 2 is 0.482 bits per heavy atom. The third-order valence-electron chi connectivity index (χ3n) is 9.38. The second-order valence-corrected chi connectivity index (χ2v) is 17.2.